The van der Waals surface area contributed by atoms with E-state index in [1.165, 1.54) is 12.8 Å². The third kappa shape index (κ3) is 2.76. The van der Waals surface area contributed by atoms with Gasteiger partial charge in [-0.3, -0.25) is 4.79 Å². The first-order chi connectivity index (χ1) is 7.55. The van der Waals surface area contributed by atoms with Crippen LogP contribution >= 0.6 is 0 Å². The van der Waals surface area contributed by atoms with Gasteiger partial charge in [-0.1, -0.05) is 20.3 Å². The fourth-order valence-electron chi connectivity index (χ4n) is 2.71. The van der Waals surface area contributed by atoms with Crippen LogP contribution < -0.4 is 0 Å². The van der Waals surface area contributed by atoms with Gasteiger partial charge in [0.05, 0.1) is 5.41 Å². The van der Waals surface area contributed by atoms with Gasteiger partial charge in [0.25, 0.3) is 0 Å². The SMILES string of the molecule is CCCC(C)N1CCC(CC)(C(=O)O)CC1. The van der Waals surface area contributed by atoms with Gasteiger partial charge in [-0.2, -0.15) is 0 Å². The minimum atomic E-state index is -0.599. The molecule has 0 radical (unpaired) electrons. The second-order valence-corrected chi connectivity index (χ2v) is 5.11. The molecule has 1 heterocycles. The highest BCUT2D eigenvalue weighted by atomic mass is 16.4. The third-order valence-electron chi connectivity index (χ3n) is 4.22. The van der Waals surface area contributed by atoms with Crippen molar-refractivity contribution < 1.29 is 9.90 Å². The summed E-state index contributed by atoms with van der Waals surface area (Å²) in [5.74, 6) is -0.599. The normalized spacial score (nSPS) is 22.9. The fourth-order valence-corrected chi connectivity index (χ4v) is 2.71. The molecule has 0 amide bonds. The van der Waals surface area contributed by atoms with E-state index < -0.39 is 11.4 Å². The highest BCUT2D eigenvalue weighted by Gasteiger charge is 2.40. The number of carboxylic acid groups (broad SMARTS) is 1. The molecule has 1 unspecified atom stereocenters. The van der Waals surface area contributed by atoms with E-state index in [1.54, 1.807) is 0 Å². The number of nitrogens with zero attached hydrogens (tertiary/aromatic N) is 1. The summed E-state index contributed by atoms with van der Waals surface area (Å²) in [4.78, 5) is 13.7. The van der Waals surface area contributed by atoms with Gasteiger partial charge >= 0.3 is 5.97 Å². The molecule has 0 aromatic rings. The molecule has 1 aliphatic rings. The van der Waals surface area contributed by atoms with Crippen LogP contribution in [0.4, 0.5) is 0 Å². The van der Waals surface area contributed by atoms with Gasteiger partial charge in [-0.15, -0.1) is 0 Å². The van der Waals surface area contributed by atoms with Crippen LogP contribution in [0.15, 0.2) is 0 Å². The molecule has 0 aliphatic carbocycles. The van der Waals surface area contributed by atoms with Crippen molar-refractivity contribution in [3.63, 3.8) is 0 Å². The van der Waals surface area contributed by atoms with Crippen LogP contribution in [0.1, 0.15) is 52.9 Å². The molecular weight excluding hydrogens is 202 g/mol. The van der Waals surface area contributed by atoms with Crippen LogP contribution in [0, 0.1) is 5.41 Å². The average Bonchev–Trinajstić information content (AvgIpc) is 2.29. The van der Waals surface area contributed by atoms with Crippen LogP contribution in [-0.2, 0) is 4.79 Å². The van der Waals surface area contributed by atoms with Crippen molar-refractivity contribution in [2.24, 2.45) is 5.41 Å². The highest BCUT2D eigenvalue weighted by molar-refractivity contribution is 5.74. The van der Waals surface area contributed by atoms with Gasteiger partial charge in [0.2, 0.25) is 0 Å². The maximum absolute atomic E-state index is 11.3. The van der Waals surface area contributed by atoms with Gasteiger partial charge in [-0.25, -0.2) is 0 Å². The smallest absolute Gasteiger partial charge is 0.309 e. The van der Waals surface area contributed by atoms with Crippen molar-refractivity contribution in [1.82, 2.24) is 4.90 Å². The molecule has 1 fully saturated rings. The van der Waals surface area contributed by atoms with E-state index >= 15 is 0 Å². The summed E-state index contributed by atoms with van der Waals surface area (Å²) >= 11 is 0. The lowest BCUT2D eigenvalue weighted by molar-refractivity contribution is -0.152. The van der Waals surface area contributed by atoms with Crippen molar-refractivity contribution in [3.05, 3.63) is 0 Å². The molecule has 16 heavy (non-hydrogen) atoms. The van der Waals surface area contributed by atoms with Crippen LogP contribution in [0.5, 0.6) is 0 Å². The Labute approximate surface area is 98.8 Å². The Kier molecular flexibility index (Phi) is 4.78. The zero-order chi connectivity index (χ0) is 12.2. The molecule has 1 saturated heterocycles. The number of likely N-dealkylation sites (tertiary alicyclic amines) is 1. The minimum Gasteiger partial charge on any atom is -0.481 e. The first kappa shape index (κ1) is 13.5. The molecule has 1 atom stereocenters. The molecule has 3 heteroatoms. The lowest BCUT2D eigenvalue weighted by Gasteiger charge is -2.41. The Morgan fingerprint density at radius 3 is 2.31 bits per heavy atom. The molecule has 3 nitrogen and oxygen atoms in total. The standard InChI is InChI=1S/C13H25NO2/c1-4-6-11(3)14-9-7-13(5-2,8-10-14)12(15)16/h11H,4-10H2,1-3H3,(H,15,16). The third-order valence-corrected chi connectivity index (χ3v) is 4.22. The van der Waals surface area contributed by atoms with Gasteiger partial charge in [0.1, 0.15) is 0 Å². The van der Waals surface area contributed by atoms with Crippen molar-refractivity contribution >= 4 is 5.97 Å². The quantitative estimate of drug-likeness (QED) is 0.785. The Morgan fingerprint density at radius 2 is 1.94 bits per heavy atom. The van der Waals surface area contributed by atoms with Crippen LogP contribution in [-0.4, -0.2) is 35.1 Å². The van der Waals surface area contributed by atoms with Crippen molar-refractivity contribution in [2.75, 3.05) is 13.1 Å². The second-order valence-electron chi connectivity index (χ2n) is 5.11. The van der Waals surface area contributed by atoms with Gasteiger partial charge in [-0.05, 0) is 45.7 Å². The number of hydrogen-bond donors (Lipinski definition) is 1. The van der Waals surface area contributed by atoms with Gasteiger partial charge < -0.3 is 10.0 Å². The Hall–Kier alpha value is -0.570. The van der Waals surface area contributed by atoms with Crippen molar-refractivity contribution in [1.29, 1.82) is 0 Å². The molecular formula is C13H25NO2. The topological polar surface area (TPSA) is 40.5 Å². The maximum atomic E-state index is 11.3. The Bertz CT molecular complexity index is 232. The number of piperidine rings is 1. The van der Waals surface area contributed by atoms with Crippen molar-refractivity contribution in [3.8, 4) is 0 Å². The summed E-state index contributed by atoms with van der Waals surface area (Å²) in [5, 5.41) is 9.30. The highest BCUT2D eigenvalue weighted by Crippen LogP contribution is 2.35. The summed E-state index contributed by atoms with van der Waals surface area (Å²) < 4.78 is 0. The number of aliphatic carboxylic acids is 1. The summed E-state index contributed by atoms with van der Waals surface area (Å²) in [7, 11) is 0. The number of rotatable bonds is 5. The Morgan fingerprint density at radius 1 is 1.38 bits per heavy atom. The van der Waals surface area contributed by atoms with E-state index in [0.717, 1.165) is 32.4 Å². The zero-order valence-electron chi connectivity index (χ0n) is 10.8. The number of carboxylic acids is 1. The number of hydrogen-bond acceptors (Lipinski definition) is 2. The first-order valence-electron chi connectivity index (χ1n) is 6.53. The molecule has 0 saturated carbocycles. The van der Waals surface area contributed by atoms with E-state index in [4.69, 9.17) is 0 Å². The van der Waals surface area contributed by atoms with E-state index in [0.29, 0.717) is 6.04 Å². The second kappa shape index (κ2) is 5.67. The summed E-state index contributed by atoms with van der Waals surface area (Å²) in [6.07, 6.45) is 4.81. The first-order valence-corrected chi connectivity index (χ1v) is 6.53. The maximum Gasteiger partial charge on any atom is 0.309 e. The zero-order valence-corrected chi connectivity index (χ0v) is 10.8. The minimum absolute atomic E-state index is 0.442. The molecule has 1 aliphatic heterocycles. The molecule has 1 rings (SSSR count). The molecule has 0 aromatic heterocycles. The van der Waals surface area contributed by atoms with E-state index in [1.807, 2.05) is 6.92 Å². The lowest BCUT2D eigenvalue weighted by atomic mass is 9.76. The van der Waals surface area contributed by atoms with Crippen LogP contribution in [0.25, 0.3) is 0 Å². The summed E-state index contributed by atoms with van der Waals surface area (Å²) in [5.41, 5.74) is -0.442. The molecule has 0 bridgehead atoms. The molecule has 94 valence electrons. The average molecular weight is 227 g/mol. The molecule has 0 aromatic carbocycles. The lowest BCUT2D eigenvalue weighted by Crippen LogP contribution is -2.47. The number of carbonyl (C=O) groups is 1. The van der Waals surface area contributed by atoms with Crippen LogP contribution in [0.3, 0.4) is 0 Å². The molecule has 0 spiro atoms. The summed E-state index contributed by atoms with van der Waals surface area (Å²) in [6, 6.07) is 0.605. The molecule has 1 N–H and O–H groups in total. The largest absolute Gasteiger partial charge is 0.481 e. The van der Waals surface area contributed by atoms with E-state index in [2.05, 4.69) is 18.7 Å². The fraction of sp³-hybridized carbons (Fsp3) is 0.923. The van der Waals surface area contributed by atoms with E-state index in [9.17, 15) is 9.90 Å². The van der Waals surface area contributed by atoms with Gasteiger partial charge in [0, 0.05) is 6.04 Å². The van der Waals surface area contributed by atoms with Crippen LogP contribution in [0.2, 0.25) is 0 Å². The van der Waals surface area contributed by atoms with Crippen molar-refractivity contribution in [2.45, 2.75) is 58.9 Å². The van der Waals surface area contributed by atoms with E-state index in [-0.39, 0.29) is 0 Å². The van der Waals surface area contributed by atoms with Gasteiger partial charge in [0.15, 0.2) is 0 Å². The Balaban J connectivity index is 2.52. The monoisotopic (exact) mass is 227 g/mol. The summed E-state index contributed by atoms with van der Waals surface area (Å²) in [6.45, 7) is 8.35. The predicted octanol–water partition coefficient (Wildman–Crippen LogP) is 2.75. The predicted molar refractivity (Wildman–Crippen MR) is 65.5 cm³/mol.